The van der Waals surface area contributed by atoms with Gasteiger partial charge in [0.2, 0.25) is 0 Å². The van der Waals surface area contributed by atoms with Crippen LogP contribution in [-0.2, 0) is 6.42 Å². The lowest BCUT2D eigenvalue weighted by atomic mass is 9.92. The molecule has 1 N–H and O–H groups in total. The zero-order valence-electron chi connectivity index (χ0n) is 15.8. The van der Waals surface area contributed by atoms with Gasteiger partial charge in [0, 0.05) is 33.2 Å². The molecule has 3 nitrogen and oxygen atoms in total. The molecule has 0 saturated heterocycles. The van der Waals surface area contributed by atoms with Gasteiger partial charge >= 0.3 is 0 Å². The first kappa shape index (κ1) is 18.5. The van der Waals surface area contributed by atoms with Crippen molar-refractivity contribution in [2.45, 2.75) is 25.3 Å². The zero-order chi connectivity index (χ0) is 20.0. The first-order valence-corrected chi connectivity index (χ1v) is 10.6. The highest BCUT2D eigenvalue weighted by atomic mass is 35.5. The van der Waals surface area contributed by atoms with Crippen molar-refractivity contribution in [2.24, 2.45) is 0 Å². The number of carbonyl (C=O) groups excluding carboxylic acids is 1. The number of amides is 1. The van der Waals surface area contributed by atoms with Crippen LogP contribution in [-0.4, -0.2) is 22.3 Å². The number of nitrogens with zero attached hydrogens (tertiary/aromatic N) is 1. The summed E-state index contributed by atoms with van der Waals surface area (Å²) in [5, 5.41) is 3.73. The largest absolute Gasteiger partial charge is 0.356 e. The van der Waals surface area contributed by atoms with Crippen molar-refractivity contribution < 1.29 is 4.79 Å². The van der Waals surface area contributed by atoms with E-state index in [1.807, 2.05) is 41.3 Å². The molecule has 1 atom stereocenters. The van der Waals surface area contributed by atoms with Crippen LogP contribution in [0.2, 0.25) is 10.0 Å². The lowest BCUT2D eigenvalue weighted by Crippen LogP contribution is -2.41. The highest BCUT2D eigenvalue weighted by Crippen LogP contribution is 2.34. The number of aromatic amines is 1. The Balaban J connectivity index is 1.66. The van der Waals surface area contributed by atoms with Gasteiger partial charge in [-0.1, -0.05) is 53.6 Å². The Labute approximate surface area is 179 Å². The Hall–Kier alpha value is -2.49. The van der Waals surface area contributed by atoms with Crippen molar-refractivity contribution in [1.82, 2.24) is 9.88 Å². The summed E-state index contributed by atoms with van der Waals surface area (Å²) in [7, 11) is 0. The number of hydrogen-bond acceptors (Lipinski definition) is 1. The summed E-state index contributed by atoms with van der Waals surface area (Å²) < 4.78 is 0. The number of fused-ring (bicyclic) bond motifs is 3. The minimum atomic E-state index is -0.185. The van der Waals surface area contributed by atoms with Gasteiger partial charge in [-0.25, -0.2) is 0 Å². The predicted octanol–water partition coefficient (Wildman–Crippen LogP) is 4.46. The van der Waals surface area contributed by atoms with Crippen LogP contribution in [0.1, 0.15) is 46.1 Å². The van der Waals surface area contributed by atoms with E-state index in [0.29, 0.717) is 22.2 Å². The zero-order valence-corrected chi connectivity index (χ0v) is 17.3. The molecule has 0 bridgehead atoms. The summed E-state index contributed by atoms with van der Waals surface area (Å²) in [6.45, 7) is 0.657. The lowest BCUT2D eigenvalue weighted by Gasteiger charge is -2.36. The molecule has 0 fully saturated rings. The van der Waals surface area contributed by atoms with Gasteiger partial charge in [0.05, 0.1) is 6.04 Å². The van der Waals surface area contributed by atoms with E-state index in [-0.39, 0.29) is 11.9 Å². The number of aromatic nitrogens is 1. The fourth-order valence-corrected chi connectivity index (χ4v) is 4.78. The van der Waals surface area contributed by atoms with E-state index in [1.165, 1.54) is 16.1 Å². The smallest absolute Gasteiger partial charge is 0.254 e. The Morgan fingerprint density at radius 1 is 1.00 bits per heavy atom. The minimum Gasteiger partial charge on any atom is -0.356 e. The molecular formula is C24H20Cl2N2O. The number of carbonyl (C=O) groups is 1. The van der Waals surface area contributed by atoms with E-state index in [1.54, 1.807) is 12.1 Å². The summed E-state index contributed by atoms with van der Waals surface area (Å²) in [6, 6.07) is 14.8. The molecule has 5 rings (SSSR count). The third-order valence-electron chi connectivity index (χ3n) is 5.78. The van der Waals surface area contributed by atoms with Gasteiger partial charge in [0.1, 0.15) is 0 Å². The van der Waals surface area contributed by atoms with Crippen LogP contribution < -0.4 is 10.6 Å². The summed E-state index contributed by atoms with van der Waals surface area (Å²) in [5.74, 6) is -0.0152. The van der Waals surface area contributed by atoms with Gasteiger partial charge in [0.15, 0.2) is 0 Å². The van der Waals surface area contributed by atoms with Crippen LogP contribution in [0.5, 0.6) is 0 Å². The van der Waals surface area contributed by atoms with E-state index in [0.717, 1.165) is 30.5 Å². The topological polar surface area (TPSA) is 36.1 Å². The standard InChI is InChI=1S/C24H20Cl2N2O/c25-17-10-8-15(9-11-17)23-22-20(19-6-1-2-7-21(19)27-22)12-13-28(23)24(29)16-4-3-5-18(26)14-16/h3-11,14,23,27H,1-2,12-13H2. The molecule has 3 aromatic rings. The molecule has 29 heavy (non-hydrogen) atoms. The second-order valence-corrected chi connectivity index (χ2v) is 8.42. The van der Waals surface area contributed by atoms with Crippen molar-refractivity contribution >= 4 is 41.3 Å². The highest BCUT2D eigenvalue weighted by molar-refractivity contribution is 6.31. The maximum Gasteiger partial charge on any atom is 0.254 e. The van der Waals surface area contributed by atoms with Crippen molar-refractivity contribution in [3.05, 3.63) is 91.5 Å². The highest BCUT2D eigenvalue weighted by Gasteiger charge is 2.34. The van der Waals surface area contributed by atoms with E-state index in [9.17, 15) is 4.79 Å². The third kappa shape index (κ3) is 3.29. The number of hydrogen-bond donors (Lipinski definition) is 1. The van der Waals surface area contributed by atoms with Crippen molar-refractivity contribution in [3.63, 3.8) is 0 Å². The molecule has 146 valence electrons. The molecule has 0 spiro atoms. The van der Waals surface area contributed by atoms with Gasteiger partial charge in [0.25, 0.3) is 5.91 Å². The average molecular weight is 423 g/mol. The van der Waals surface area contributed by atoms with Gasteiger partial charge in [-0.05, 0) is 65.9 Å². The molecule has 0 saturated carbocycles. The molecule has 2 aromatic carbocycles. The number of rotatable bonds is 2. The van der Waals surface area contributed by atoms with Gasteiger partial charge < -0.3 is 9.88 Å². The van der Waals surface area contributed by atoms with Crippen LogP contribution in [0.3, 0.4) is 0 Å². The number of nitrogens with one attached hydrogen (secondary N) is 1. The maximum absolute atomic E-state index is 13.5. The van der Waals surface area contributed by atoms with Crippen molar-refractivity contribution in [1.29, 1.82) is 0 Å². The summed E-state index contributed by atoms with van der Waals surface area (Å²) in [6.07, 6.45) is 7.52. The maximum atomic E-state index is 13.5. The quantitative estimate of drug-likeness (QED) is 0.649. The van der Waals surface area contributed by atoms with Crippen LogP contribution >= 0.6 is 23.2 Å². The van der Waals surface area contributed by atoms with Crippen LogP contribution in [0, 0.1) is 0 Å². The SMILES string of the molecule is O=C(c1cccc(Cl)c1)N1CCc2c([nH]c3c2=CCCC=3)C1c1ccc(Cl)cc1. The number of halogens is 2. The van der Waals surface area contributed by atoms with E-state index < -0.39 is 0 Å². The molecule has 2 heterocycles. The average Bonchev–Trinajstić information content (AvgIpc) is 3.12. The van der Waals surface area contributed by atoms with E-state index in [4.69, 9.17) is 23.2 Å². The molecular weight excluding hydrogens is 403 g/mol. The second kappa shape index (κ2) is 7.40. The molecule has 5 heteroatoms. The minimum absolute atomic E-state index is 0.0152. The summed E-state index contributed by atoms with van der Waals surface area (Å²) in [5.41, 5.74) is 4.08. The first-order chi connectivity index (χ1) is 14.1. The van der Waals surface area contributed by atoms with Gasteiger partial charge in [-0.15, -0.1) is 0 Å². The molecule has 1 aliphatic carbocycles. The monoisotopic (exact) mass is 422 g/mol. The Morgan fingerprint density at radius 3 is 2.59 bits per heavy atom. The Morgan fingerprint density at radius 2 is 1.79 bits per heavy atom. The molecule has 1 aliphatic heterocycles. The fourth-order valence-electron chi connectivity index (χ4n) is 4.46. The Bertz CT molecular complexity index is 1210. The Kier molecular flexibility index (Phi) is 4.73. The number of H-pyrrole nitrogens is 1. The molecule has 1 amide bonds. The number of benzene rings is 2. The molecule has 0 radical (unpaired) electrons. The van der Waals surface area contributed by atoms with E-state index >= 15 is 0 Å². The third-order valence-corrected chi connectivity index (χ3v) is 6.27. The second-order valence-electron chi connectivity index (χ2n) is 7.54. The lowest BCUT2D eigenvalue weighted by molar-refractivity contribution is 0.0691. The van der Waals surface area contributed by atoms with Crippen LogP contribution in [0.4, 0.5) is 0 Å². The summed E-state index contributed by atoms with van der Waals surface area (Å²) in [4.78, 5) is 19.0. The van der Waals surface area contributed by atoms with Crippen molar-refractivity contribution in [3.8, 4) is 0 Å². The molecule has 1 unspecified atom stereocenters. The molecule has 1 aromatic heterocycles. The summed E-state index contributed by atoms with van der Waals surface area (Å²) >= 11 is 12.3. The fraction of sp³-hybridized carbons (Fsp3) is 0.208. The first-order valence-electron chi connectivity index (χ1n) is 9.85. The van der Waals surface area contributed by atoms with Crippen molar-refractivity contribution in [2.75, 3.05) is 6.54 Å². The van der Waals surface area contributed by atoms with Gasteiger partial charge in [-0.2, -0.15) is 0 Å². The van der Waals surface area contributed by atoms with E-state index in [2.05, 4.69) is 17.1 Å². The normalized spacial score (nSPS) is 17.7. The van der Waals surface area contributed by atoms with Gasteiger partial charge in [-0.3, -0.25) is 4.79 Å². The van der Waals surface area contributed by atoms with Crippen LogP contribution in [0.15, 0.2) is 48.5 Å². The molecule has 2 aliphatic rings. The van der Waals surface area contributed by atoms with Crippen LogP contribution in [0.25, 0.3) is 12.2 Å². The predicted molar refractivity (Wildman–Crippen MR) is 118 cm³/mol.